The van der Waals surface area contributed by atoms with Gasteiger partial charge in [-0.05, 0) is 34.8 Å². The molecule has 0 saturated heterocycles. The first kappa shape index (κ1) is 13.1. The molecule has 1 aliphatic carbocycles. The second-order valence-electron chi connectivity index (χ2n) is 4.68. The molecule has 7 heteroatoms. The summed E-state index contributed by atoms with van der Waals surface area (Å²) in [5.41, 5.74) is 0.991. The van der Waals surface area contributed by atoms with Gasteiger partial charge in [-0.1, -0.05) is 0 Å². The molecule has 1 fully saturated rings. The predicted molar refractivity (Wildman–Crippen MR) is 75.6 cm³/mol. The summed E-state index contributed by atoms with van der Waals surface area (Å²) in [5, 5.41) is 10.8. The average Bonchev–Trinajstić information content (AvgIpc) is 3.17. The van der Waals surface area contributed by atoms with Crippen LogP contribution in [0.3, 0.4) is 0 Å². The smallest absolute Gasteiger partial charge is 0.273 e. The highest BCUT2D eigenvalue weighted by Gasteiger charge is 2.25. The maximum atomic E-state index is 10.8. The predicted octanol–water partition coefficient (Wildman–Crippen LogP) is 3.47. The number of ether oxygens (including phenoxy) is 1. The second-order valence-corrected chi connectivity index (χ2v) is 5.54. The molecule has 0 spiro atoms. The van der Waals surface area contributed by atoms with Crippen LogP contribution in [0.25, 0.3) is 0 Å². The van der Waals surface area contributed by atoms with Crippen molar-refractivity contribution < 1.29 is 9.66 Å². The average molecular weight is 338 g/mol. The third-order valence-electron chi connectivity index (χ3n) is 3.19. The molecule has 1 aromatic carbocycles. The number of halogens is 1. The van der Waals surface area contributed by atoms with Gasteiger partial charge in [0, 0.05) is 12.1 Å². The number of non-ortho nitro benzene ring substituents is 1. The van der Waals surface area contributed by atoms with Crippen LogP contribution in [0, 0.1) is 10.1 Å². The van der Waals surface area contributed by atoms with E-state index < -0.39 is 4.92 Å². The van der Waals surface area contributed by atoms with Crippen molar-refractivity contribution in [2.45, 2.75) is 25.5 Å². The molecule has 0 N–H and O–H groups in total. The van der Waals surface area contributed by atoms with Gasteiger partial charge in [-0.3, -0.25) is 10.1 Å². The lowest BCUT2D eigenvalue weighted by molar-refractivity contribution is -0.385. The Morgan fingerprint density at radius 1 is 1.50 bits per heavy atom. The first-order valence-corrected chi connectivity index (χ1v) is 7.02. The van der Waals surface area contributed by atoms with Gasteiger partial charge in [0.05, 0.1) is 33.7 Å². The Morgan fingerprint density at radius 2 is 2.30 bits per heavy atom. The van der Waals surface area contributed by atoms with Crippen molar-refractivity contribution in [2.75, 3.05) is 0 Å². The molecular weight excluding hydrogens is 326 g/mol. The van der Waals surface area contributed by atoms with Gasteiger partial charge in [-0.2, -0.15) is 0 Å². The Morgan fingerprint density at radius 3 is 3.00 bits per heavy atom. The van der Waals surface area contributed by atoms with Gasteiger partial charge in [0.2, 0.25) is 0 Å². The minimum Gasteiger partial charge on any atom is -0.486 e. The normalized spacial score (nSPS) is 14.2. The molecule has 2 aromatic rings. The Hall–Kier alpha value is -1.89. The van der Waals surface area contributed by atoms with Crippen molar-refractivity contribution in [3.63, 3.8) is 0 Å². The van der Waals surface area contributed by atoms with E-state index in [4.69, 9.17) is 4.74 Å². The summed E-state index contributed by atoms with van der Waals surface area (Å²) in [6, 6.07) is 5.00. The van der Waals surface area contributed by atoms with Crippen LogP contribution in [-0.2, 0) is 6.61 Å². The van der Waals surface area contributed by atoms with Crippen LogP contribution in [0.4, 0.5) is 5.69 Å². The molecule has 0 atom stereocenters. The van der Waals surface area contributed by atoms with E-state index >= 15 is 0 Å². The number of imidazole rings is 1. The zero-order valence-corrected chi connectivity index (χ0v) is 12.1. The van der Waals surface area contributed by atoms with Crippen molar-refractivity contribution in [2.24, 2.45) is 0 Å². The lowest BCUT2D eigenvalue weighted by atomic mass is 10.3. The van der Waals surface area contributed by atoms with E-state index in [1.54, 1.807) is 18.6 Å². The number of nitro benzene ring substituents is 1. The van der Waals surface area contributed by atoms with E-state index in [9.17, 15) is 10.1 Å². The minimum atomic E-state index is -0.437. The van der Waals surface area contributed by atoms with Crippen LogP contribution in [0.15, 0.2) is 35.2 Å². The number of hydrogen-bond donors (Lipinski definition) is 0. The van der Waals surface area contributed by atoms with Crippen molar-refractivity contribution in [3.8, 4) is 5.75 Å². The Balaban J connectivity index is 1.75. The molecule has 1 aliphatic rings. The van der Waals surface area contributed by atoms with E-state index in [0.29, 0.717) is 22.9 Å². The van der Waals surface area contributed by atoms with Crippen LogP contribution in [0.5, 0.6) is 5.75 Å². The monoisotopic (exact) mass is 337 g/mol. The molecular formula is C13H12BrN3O3. The molecule has 1 saturated carbocycles. The van der Waals surface area contributed by atoms with Gasteiger partial charge < -0.3 is 9.30 Å². The Bertz CT molecular complexity index is 652. The first-order valence-electron chi connectivity index (χ1n) is 6.22. The Kier molecular flexibility index (Phi) is 3.43. The molecule has 0 bridgehead atoms. The van der Waals surface area contributed by atoms with Gasteiger partial charge in [-0.25, -0.2) is 4.98 Å². The number of nitro groups is 1. The highest BCUT2D eigenvalue weighted by atomic mass is 79.9. The largest absolute Gasteiger partial charge is 0.486 e. The van der Waals surface area contributed by atoms with E-state index in [-0.39, 0.29) is 5.69 Å². The molecule has 6 nitrogen and oxygen atoms in total. The van der Waals surface area contributed by atoms with Crippen molar-refractivity contribution in [1.29, 1.82) is 0 Å². The van der Waals surface area contributed by atoms with E-state index in [0.717, 1.165) is 5.69 Å². The fourth-order valence-corrected chi connectivity index (χ4v) is 2.35. The number of rotatable bonds is 5. The molecule has 1 aromatic heterocycles. The summed E-state index contributed by atoms with van der Waals surface area (Å²) in [6.45, 7) is 0.344. The molecule has 0 radical (unpaired) electrons. The number of aromatic nitrogens is 2. The van der Waals surface area contributed by atoms with Crippen LogP contribution < -0.4 is 4.74 Å². The van der Waals surface area contributed by atoms with Crippen molar-refractivity contribution in [1.82, 2.24) is 9.55 Å². The first-order chi connectivity index (χ1) is 9.65. The number of nitrogens with zero attached hydrogens (tertiary/aromatic N) is 3. The summed E-state index contributed by atoms with van der Waals surface area (Å²) in [5.74, 6) is 0.461. The molecule has 20 heavy (non-hydrogen) atoms. The lowest BCUT2D eigenvalue weighted by Crippen LogP contribution is -2.04. The number of hydrogen-bond acceptors (Lipinski definition) is 4. The van der Waals surface area contributed by atoms with Crippen LogP contribution in [0.1, 0.15) is 24.6 Å². The highest BCUT2D eigenvalue weighted by molar-refractivity contribution is 9.10. The third-order valence-corrected chi connectivity index (χ3v) is 3.84. The maximum absolute atomic E-state index is 10.8. The summed E-state index contributed by atoms with van der Waals surface area (Å²) < 4.78 is 8.48. The molecule has 104 valence electrons. The fourth-order valence-electron chi connectivity index (χ4n) is 1.99. The van der Waals surface area contributed by atoms with Gasteiger partial charge in [-0.15, -0.1) is 0 Å². The van der Waals surface area contributed by atoms with Gasteiger partial charge in [0.15, 0.2) is 0 Å². The molecule has 1 heterocycles. The second kappa shape index (κ2) is 5.24. The van der Waals surface area contributed by atoms with Gasteiger partial charge >= 0.3 is 0 Å². The van der Waals surface area contributed by atoms with Crippen LogP contribution in [-0.4, -0.2) is 14.5 Å². The minimum absolute atomic E-state index is 0.0129. The summed E-state index contributed by atoms with van der Waals surface area (Å²) in [7, 11) is 0. The summed E-state index contributed by atoms with van der Waals surface area (Å²) in [6.07, 6.45) is 5.91. The third kappa shape index (κ3) is 2.67. The van der Waals surface area contributed by atoms with E-state index in [1.165, 1.54) is 25.0 Å². The van der Waals surface area contributed by atoms with Crippen molar-refractivity contribution in [3.05, 3.63) is 51.0 Å². The summed E-state index contributed by atoms with van der Waals surface area (Å²) in [4.78, 5) is 14.5. The standard InChI is InChI=1S/C13H12BrN3O3/c14-12-4-3-10(17(18)19)5-13(12)20-7-11-6-15-8-16(11)9-1-2-9/h3-6,8-9H,1-2,7H2. The molecule has 0 amide bonds. The van der Waals surface area contributed by atoms with Gasteiger partial charge in [0.1, 0.15) is 12.4 Å². The molecule has 0 unspecified atom stereocenters. The Labute approximate surface area is 123 Å². The lowest BCUT2D eigenvalue weighted by Gasteiger charge is -2.10. The van der Waals surface area contributed by atoms with Crippen LogP contribution in [0.2, 0.25) is 0 Å². The zero-order valence-electron chi connectivity index (χ0n) is 10.5. The fraction of sp³-hybridized carbons (Fsp3) is 0.308. The van der Waals surface area contributed by atoms with Crippen LogP contribution >= 0.6 is 15.9 Å². The number of benzene rings is 1. The zero-order chi connectivity index (χ0) is 14.1. The topological polar surface area (TPSA) is 70.2 Å². The van der Waals surface area contributed by atoms with E-state index in [1.807, 2.05) is 0 Å². The van der Waals surface area contributed by atoms with E-state index in [2.05, 4.69) is 25.5 Å². The maximum Gasteiger partial charge on any atom is 0.273 e. The summed E-state index contributed by atoms with van der Waals surface area (Å²) >= 11 is 3.33. The van der Waals surface area contributed by atoms with Gasteiger partial charge in [0.25, 0.3) is 5.69 Å². The molecule has 3 rings (SSSR count). The quantitative estimate of drug-likeness (QED) is 0.618. The SMILES string of the molecule is O=[N+]([O-])c1ccc(Br)c(OCc2cncn2C2CC2)c1. The highest BCUT2D eigenvalue weighted by Crippen LogP contribution is 2.36. The molecule has 0 aliphatic heterocycles. The van der Waals surface area contributed by atoms with Crippen molar-refractivity contribution >= 4 is 21.6 Å².